The van der Waals surface area contributed by atoms with Gasteiger partial charge in [-0.1, -0.05) is 58.4 Å². The Labute approximate surface area is 124 Å². The summed E-state index contributed by atoms with van der Waals surface area (Å²) in [5.41, 5.74) is 2.54. The van der Waals surface area contributed by atoms with E-state index < -0.39 is 0 Å². The van der Waals surface area contributed by atoms with Gasteiger partial charge >= 0.3 is 0 Å². The average Bonchev–Trinajstić information content (AvgIpc) is 2.40. The molecule has 0 aliphatic rings. The molecule has 1 nitrogen and oxygen atoms in total. The van der Waals surface area contributed by atoms with Crippen LogP contribution in [-0.4, -0.2) is 0 Å². The Kier molecular flexibility index (Phi) is 4.43. The summed E-state index contributed by atoms with van der Waals surface area (Å²) in [4.78, 5) is 0. The highest BCUT2D eigenvalue weighted by Gasteiger charge is 2.22. The zero-order valence-electron chi connectivity index (χ0n) is 11.7. The fourth-order valence-corrected chi connectivity index (χ4v) is 2.58. The molecule has 0 radical (unpaired) electrons. The minimum atomic E-state index is -0.0596. The summed E-state index contributed by atoms with van der Waals surface area (Å²) >= 11 is 3.48. The zero-order valence-corrected chi connectivity index (χ0v) is 13.2. The van der Waals surface area contributed by atoms with E-state index in [9.17, 15) is 0 Å². The molecule has 1 unspecified atom stereocenters. The SMILES string of the molecule is CC(NC(C)(C)c1ccc(Br)cc1)c1ccccc1. The molecule has 0 heterocycles. The highest BCUT2D eigenvalue weighted by atomic mass is 79.9. The van der Waals surface area contributed by atoms with Crippen LogP contribution in [0.3, 0.4) is 0 Å². The molecule has 0 aromatic heterocycles. The summed E-state index contributed by atoms with van der Waals surface area (Å²) in [6.45, 7) is 6.64. The van der Waals surface area contributed by atoms with Crippen molar-refractivity contribution in [2.24, 2.45) is 0 Å². The molecule has 0 amide bonds. The number of halogens is 1. The second-order valence-electron chi connectivity index (χ2n) is 5.41. The van der Waals surface area contributed by atoms with Gasteiger partial charge in [-0.25, -0.2) is 0 Å². The number of hydrogen-bond acceptors (Lipinski definition) is 1. The van der Waals surface area contributed by atoms with Gasteiger partial charge in [0, 0.05) is 16.1 Å². The maximum Gasteiger partial charge on any atom is 0.0382 e. The third-order valence-electron chi connectivity index (χ3n) is 3.44. The van der Waals surface area contributed by atoms with Crippen molar-refractivity contribution in [1.82, 2.24) is 5.32 Å². The predicted molar refractivity (Wildman–Crippen MR) is 85.2 cm³/mol. The molecule has 19 heavy (non-hydrogen) atoms. The Morgan fingerprint density at radius 2 is 1.53 bits per heavy atom. The van der Waals surface area contributed by atoms with Gasteiger partial charge in [0.2, 0.25) is 0 Å². The van der Waals surface area contributed by atoms with E-state index in [0.29, 0.717) is 6.04 Å². The van der Waals surface area contributed by atoms with E-state index in [2.05, 4.69) is 96.6 Å². The van der Waals surface area contributed by atoms with E-state index in [4.69, 9.17) is 0 Å². The number of nitrogens with one attached hydrogen (secondary N) is 1. The molecule has 2 aromatic carbocycles. The summed E-state index contributed by atoms with van der Waals surface area (Å²) in [5.74, 6) is 0. The van der Waals surface area contributed by atoms with E-state index in [1.165, 1.54) is 11.1 Å². The second kappa shape index (κ2) is 5.89. The van der Waals surface area contributed by atoms with E-state index in [1.807, 2.05) is 0 Å². The van der Waals surface area contributed by atoms with Gasteiger partial charge in [-0.15, -0.1) is 0 Å². The highest BCUT2D eigenvalue weighted by molar-refractivity contribution is 9.10. The van der Waals surface area contributed by atoms with Crippen molar-refractivity contribution in [1.29, 1.82) is 0 Å². The standard InChI is InChI=1S/C17H20BrN/c1-13(14-7-5-4-6-8-14)19-17(2,3)15-9-11-16(18)12-10-15/h4-13,19H,1-3H3. The molecular weight excluding hydrogens is 298 g/mol. The quantitative estimate of drug-likeness (QED) is 0.833. The first kappa shape index (κ1) is 14.3. The Morgan fingerprint density at radius 3 is 2.11 bits per heavy atom. The van der Waals surface area contributed by atoms with Gasteiger partial charge in [-0.3, -0.25) is 0 Å². The van der Waals surface area contributed by atoms with E-state index in [1.54, 1.807) is 0 Å². The molecule has 0 fully saturated rings. The molecule has 0 aliphatic carbocycles. The normalized spacial score (nSPS) is 13.3. The summed E-state index contributed by atoms with van der Waals surface area (Å²) in [7, 11) is 0. The Balaban J connectivity index is 2.15. The van der Waals surface area contributed by atoms with E-state index in [-0.39, 0.29) is 5.54 Å². The summed E-state index contributed by atoms with van der Waals surface area (Å²) in [5, 5.41) is 3.69. The van der Waals surface area contributed by atoms with Crippen LogP contribution < -0.4 is 5.32 Å². The lowest BCUT2D eigenvalue weighted by Gasteiger charge is -2.31. The molecule has 0 saturated heterocycles. The first-order valence-corrected chi connectivity index (χ1v) is 7.37. The van der Waals surface area contributed by atoms with Gasteiger partial charge in [0.05, 0.1) is 0 Å². The molecule has 2 rings (SSSR count). The summed E-state index contributed by atoms with van der Waals surface area (Å²) in [6.07, 6.45) is 0. The Hall–Kier alpha value is -1.12. The smallest absolute Gasteiger partial charge is 0.0382 e. The molecule has 2 heteroatoms. The van der Waals surface area contributed by atoms with Gasteiger partial charge in [-0.05, 0) is 44.0 Å². The van der Waals surface area contributed by atoms with Crippen LogP contribution in [0.5, 0.6) is 0 Å². The van der Waals surface area contributed by atoms with Crippen LogP contribution in [0.25, 0.3) is 0 Å². The van der Waals surface area contributed by atoms with E-state index in [0.717, 1.165) is 4.47 Å². The molecule has 1 N–H and O–H groups in total. The molecule has 0 saturated carbocycles. The number of benzene rings is 2. The summed E-state index contributed by atoms with van der Waals surface area (Å²) in [6, 6.07) is 19.4. The first-order valence-electron chi connectivity index (χ1n) is 6.58. The Morgan fingerprint density at radius 1 is 0.947 bits per heavy atom. The van der Waals surface area contributed by atoms with Crippen LogP contribution in [0.15, 0.2) is 59.1 Å². The van der Waals surface area contributed by atoms with Crippen molar-refractivity contribution < 1.29 is 0 Å². The van der Waals surface area contributed by atoms with Crippen LogP contribution in [-0.2, 0) is 5.54 Å². The maximum atomic E-state index is 3.69. The largest absolute Gasteiger partial charge is 0.301 e. The average molecular weight is 318 g/mol. The van der Waals surface area contributed by atoms with Gasteiger partial charge in [0.1, 0.15) is 0 Å². The predicted octanol–water partition coefficient (Wildman–Crippen LogP) is 5.04. The lowest BCUT2D eigenvalue weighted by Crippen LogP contribution is -2.38. The fourth-order valence-electron chi connectivity index (χ4n) is 2.32. The van der Waals surface area contributed by atoms with Crippen molar-refractivity contribution in [3.8, 4) is 0 Å². The van der Waals surface area contributed by atoms with Crippen LogP contribution in [0.2, 0.25) is 0 Å². The number of rotatable bonds is 4. The van der Waals surface area contributed by atoms with Crippen molar-refractivity contribution in [2.45, 2.75) is 32.4 Å². The molecular formula is C17H20BrN. The second-order valence-corrected chi connectivity index (χ2v) is 6.32. The van der Waals surface area contributed by atoms with Crippen molar-refractivity contribution in [3.63, 3.8) is 0 Å². The van der Waals surface area contributed by atoms with Crippen LogP contribution >= 0.6 is 15.9 Å². The monoisotopic (exact) mass is 317 g/mol. The molecule has 0 bridgehead atoms. The van der Waals surface area contributed by atoms with Gasteiger partial charge in [0.25, 0.3) is 0 Å². The number of hydrogen-bond donors (Lipinski definition) is 1. The molecule has 100 valence electrons. The molecule has 0 spiro atoms. The Bertz CT molecular complexity index is 517. The van der Waals surface area contributed by atoms with Crippen molar-refractivity contribution in [2.75, 3.05) is 0 Å². The minimum absolute atomic E-state index is 0.0596. The fraction of sp³-hybridized carbons (Fsp3) is 0.294. The third-order valence-corrected chi connectivity index (χ3v) is 3.97. The van der Waals surface area contributed by atoms with Gasteiger partial charge in [-0.2, -0.15) is 0 Å². The summed E-state index contributed by atoms with van der Waals surface area (Å²) < 4.78 is 1.11. The molecule has 1 atom stereocenters. The topological polar surface area (TPSA) is 12.0 Å². The first-order chi connectivity index (χ1) is 8.99. The minimum Gasteiger partial charge on any atom is -0.301 e. The third kappa shape index (κ3) is 3.68. The lowest BCUT2D eigenvalue weighted by atomic mass is 9.92. The molecule has 0 aliphatic heterocycles. The maximum absolute atomic E-state index is 3.69. The van der Waals surface area contributed by atoms with Crippen molar-refractivity contribution >= 4 is 15.9 Å². The van der Waals surface area contributed by atoms with Gasteiger partial charge < -0.3 is 5.32 Å². The van der Waals surface area contributed by atoms with Crippen LogP contribution in [0, 0.1) is 0 Å². The van der Waals surface area contributed by atoms with Crippen LogP contribution in [0.1, 0.15) is 37.9 Å². The van der Waals surface area contributed by atoms with Gasteiger partial charge in [0.15, 0.2) is 0 Å². The zero-order chi connectivity index (χ0) is 13.9. The lowest BCUT2D eigenvalue weighted by molar-refractivity contribution is 0.357. The van der Waals surface area contributed by atoms with Crippen LogP contribution in [0.4, 0.5) is 0 Å². The van der Waals surface area contributed by atoms with E-state index >= 15 is 0 Å². The highest BCUT2D eigenvalue weighted by Crippen LogP contribution is 2.26. The van der Waals surface area contributed by atoms with Crippen molar-refractivity contribution in [3.05, 3.63) is 70.2 Å². The molecule has 2 aromatic rings.